The van der Waals surface area contributed by atoms with Gasteiger partial charge in [-0.2, -0.15) is 0 Å². The number of esters is 2. The smallest absolute Gasteiger partial charge is 0.311 e. The maximum Gasteiger partial charge on any atom is 0.311 e. The standard InChI is InChI=1S/C9H16O3.C9H18O3/c1-4-9(2,3)8(10)12-6-7-5-11-7;1-5-9(3,4)8(11)12-6-7(2)10/h7H,4-6H2,1-3H3;7,10H,5-6H2,1-4H3. The number of aliphatic hydroxyl groups excluding tert-OH is 1. The number of carbonyl (C=O) groups excluding carboxylic acids is 2. The molecule has 142 valence electrons. The Bertz CT molecular complexity index is 366. The number of hydrogen-bond acceptors (Lipinski definition) is 6. The second kappa shape index (κ2) is 9.99. The summed E-state index contributed by atoms with van der Waals surface area (Å²) < 4.78 is 14.9. The minimum absolute atomic E-state index is 0.0856. The lowest BCUT2D eigenvalue weighted by Crippen LogP contribution is -2.28. The van der Waals surface area contributed by atoms with Gasteiger partial charge in [-0.15, -0.1) is 0 Å². The van der Waals surface area contributed by atoms with Gasteiger partial charge < -0.3 is 19.3 Å². The van der Waals surface area contributed by atoms with Crippen molar-refractivity contribution in [3.05, 3.63) is 0 Å². The number of rotatable bonds is 8. The van der Waals surface area contributed by atoms with Crippen molar-refractivity contribution in [2.75, 3.05) is 19.8 Å². The SMILES string of the molecule is CCC(C)(C)C(=O)OCC(C)O.CCC(C)(C)C(=O)OCC1CO1. The van der Waals surface area contributed by atoms with Crippen LogP contribution in [0.15, 0.2) is 0 Å². The van der Waals surface area contributed by atoms with Crippen LogP contribution >= 0.6 is 0 Å². The van der Waals surface area contributed by atoms with Crippen LogP contribution in [0.5, 0.6) is 0 Å². The van der Waals surface area contributed by atoms with Crippen molar-refractivity contribution in [1.82, 2.24) is 0 Å². The number of aliphatic hydroxyl groups is 1. The highest BCUT2D eigenvalue weighted by Crippen LogP contribution is 2.22. The Hall–Kier alpha value is -1.14. The Labute approximate surface area is 145 Å². The van der Waals surface area contributed by atoms with Crippen LogP contribution in [0.2, 0.25) is 0 Å². The molecule has 1 rings (SSSR count). The Balaban J connectivity index is 0.000000441. The number of ether oxygens (including phenoxy) is 3. The van der Waals surface area contributed by atoms with E-state index >= 15 is 0 Å². The molecule has 0 radical (unpaired) electrons. The normalized spacial score (nSPS) is 18.1. The van der Waals surface area contributed by atoms with E-state index in [1.807, 2.05) is 41.5 Å². The summed E-state index contributed by atoms with van der Waals surface area (Å²) in [7, 11) is 0. The molecule has 0 aromatic carbocycles. The number of epoxide rings is 1. The van der Waals surface area contributed by atoms with Gasteiger partial charge in [-0.3, -0.25) is 9.59 Å². The molecule has 0 aromatic rings. The zero-order valence-electron chi connectivity index (χ0n) is 16.2. The first-order valence-corrected chi connectivity index (χ1v) is 8.60. The molecular weight excluding hydrogens is 312 g/mol. The molecule has 2 atom stereocenters. The molecule has 6 heteroatoms. The van der Waals surface area contributed by atoms with Gasteiger partial charge in [0.2, 0.25) is 0 Å². The van der Waals surface area contributed by atoms with Gasteiger partial charge in [-0.25, -0.2) is 0 Å². The lowest BCUT2D eigenvalue weighted by atomic mass is 9.91. The molecule has 0 spiro atoms. The third kappa shape index (κ3) is 9.23. The molecule has 0 saturated carbocycles. The monoisotopic (exact) mass is 346 g/mol. The van der Waals surface area contributed by atoms with E-state index in [2.05, 4.69) is 0 Å². The fourth-order valence-electron chi connectivity index (χ4n) is 1.21. The topological polar surface area (TPSA) is 85.4 Å². The first kappa shape index (κ1) is 22.9. The second-order valence-electron chi connectivity index (χ2n) is 7.48. The lowest BCUT2D eigenvalue weighted by Gasteiger charge is -2.20. The Morgan fingerprint density at radius 3 is 1.83 bits per heavy atom. The fourth-order valence-corrected chi connectivity index (χ4v) is 1.21. The highest BCUT2D eigenvalue weighted by molar-refractivity contribution is 5.76. The summed E-state index contributed by atoms with van der Waals surface area (Å²) in [5.41, 5.74) is -0.788. The summed E-state index contributed by atoms with van der Waals surface area (Å²) in [5.74, 6) is -0.369. The van der Waals surface area contributed by atoms with Crippen molar-refractivity contribution < 1.29 is 28.9 Å². The van der Waals surface area contributed by atoms with E-state index in [9.17, 15) is 9.59 Å². The molecule has 2 unspecified atom stereocenters. The first-order chi connectivity index (χ1) is 11.0. The zero-order chi connectivity index (χ0) is 19.0. The van der Waals surface area contributed by atoms with Crippen molar-refractivity contribution in [2.24, 2.45) is 10.8 Å². The summed E-state index contributed by atoms with van der Waals surface area (Å²) >= 11 is 0. The second-order valence-corrected chi connectivity index (χ2v) is 7.48. The van der Waals surface area contributed by atoms with Gasteiger partial charge in [-0.05, 0) is 47.5 Å². The molecule has 0 bridgehead atoms. The van der Waals surface area contributed by atoms with E-state index in [1.165, 1.54) is 0 Å². The highest BCUT2D eigenvalue weighted by atomic mass is 16.6. The minimum atomic E-state index is -0.582. The quantitative estimate of drug-likeness (QED) is 0.537. The molecule has 0 aliphatic carbocycles. The molecule has 24 heavy (non-hydrogen) atoms. The van der Waals surface area contributed by atoms with Gasteiger partial charge in [0.1, 0.15) is 19.3 Å². The molecule has 1 fully saturated rings. The predicted octanol–water partition coefficient (Wildman–Crippen LogP) is 2.71. The van der Waals surface area contributed by atoms with Crippen molar-refractivity contribution in [3.8, 4) is 0 Å². The summed E-state index contributed by atoms with van der Waals surface area (Å²) in [6, 6.07) is 0. The molecule has 1 aliphatic rings. The average molecular weight is 346 g/mol. The van der Waals surface area contributed by atoms with E-state index < -0.39 is 11.5 Å². The molecule has 1 aliphatic heterocycles. The van der Waals surface area contributed by atoms with E-state index in [-0.39, 0.29) is 30.1 Å². The van der Waals surface area contributed by atoms with Crippen LogP contribution in [0.3, 0.4) is 0 Å². The van der Waals surface area contributed by atoms with Crippen molar-refractivity contribution >= 4 is 11.9 Å². The minimum Gasteiger partial charge on any atom is -0.463 e. The van der Waals surface area contributed by atoms with Crippen LogP contribution in [0.4, 0.5) is 0 Å². The van der Waals surface area contributed by atoms with E-state index in [4.69, 9.17) is 19.3 Å². The van der Waals surface area contributed by atoms with Gasteiger partial charge >= 0.3 is 11.9 Å². The summed E-state index contributed by atoms with van der Waals surface area (Å²) in [6.07, 6.45) is 1.13. The van der Waals surface area contributed by atoms with Gasteiger partial charge in [0.25, 0.3) is 0 Å². The van der Waals surface area contributed by atoms with Crippen molar-refractivity contribution in [1.29, 1.82) is 0 Å². The largest absolute Gasteiger partial charge is 0.463 e. The number of hydrogen-bond donors (Lipinski definition) is 1. The van der Waals surface area contributed by atoms with Gasteiger partial charge in [0.05, 0.1) is 23.5 Å². The molecule has 1 saturated heterocycles. The Morgan fingerprint density at radius 1 is 1.08 bits per heavy atom. The van der Waals surface area contributed by atoms with E-state index in [0.717, 1.165) is 19.4 Å². The third-order valence-electron chi connectivity index (χ3n) is 4.13. The van der Waals surface area contributed by atoms with Crippen LogP contribution in [0, 0.1) is 10.8 Å². The maximum atomic E-state index is 11.4. The molecule has 1 N–H and O–H groups in total. The van der Waals surface area contributed by atoms with Crippen molar-refractivity contribution in [3.63, 3.8) is 0 Å². The summed E-state index contributed by atoms with van der Waals surface area (Å²) in [6.45, 7) is 14.2. The molecule has 1 heterocycles. The highest BCUT2D eigenvalue weighted by Gasteiger charge is 2.30. The van der Waals surface area contributed by atoms with Gasteiger partial charge in [0, 0.05) is 0 Å². The maximum absolute atomic E-state index is 11.4. The Morgan fingerprint density at radius 2 is 1.50 bits per heavy atom. The van der Waals surface area contributed by atoms with Crippen LogP contribution < -0.4 is 0 Å². The average Bonchev–Trinajstić information content (AvgIpc) is 3.34. The van der Waals surface area contributed by atoms with Gasteiger partial charge in [-0.1, -0.05) is 13.8 Å². The van der Waals surface area contributed by atoms with Crippen LogP contribution in [0.1, 0.15) is 61.3 Å². The Kier molecular flexibility index (Phi) is 9.51. The van der Waals surface area contributed by atoms with Crippen LogP contribution in [-0.2, 0) is 23.8 Å². The van der Waals surface area contributed by atoms with Crippen LogP contribution in [-0.4, -0.2) is 49.1 Å². The summed E-state index contributed by atoms with van der Waals surface area (Å²) in [5, 5.41) is 8.86. The summed E-state index contributed by atoms with van der Waals surface area (Å²) in [4.78, 5) is 22.6. The number of carbonyl (C=O) groups is 2. The predicted molar refractivity (Wildman–Crippen MR) is 91.5 cm³/mol. The zero-order valence-corrected chi connectivity index (χ0v) is 16.2. The third-order valence-corrected chi connectivity index (χ3v) is 4.13. The van der Waals surface area contributed by atoms with E-state index in [1.54, 1.807) is 6.92 Å². The molecular formula is C18H34O6. The first-order valence-electron chi connectivity index (χ1n) is 8.60. The van der Waals surface area contributed by atoms with Crippen molar-refractivity contribution in [2.45, 2.75) is 73.5 Å². The lowest BCUT2D eigenvalue weighted by molar-refractivity contribution is -0.157. The molecule has 6 nitrogen and oxygen atoms in total. The van der Waals surface area contributed by atoms with Crippen LogP contribution in [0.25, 0.3) is 0 Å². The van der Waals surface area contributed by atoms with Gasteiger partial charge in [0.15, 0.2) is 0 Å². The molecule has 0 aromatic heterocycles. The van der Waals surface area contributed by atoms with E-state index in [0.29, 0.717) is 6.61 Å². The fraction of sp³-hybridized carbons (Fsp3) is 0.889. The molecule has 0 amide bonds.